The lowest BCUT2D eigenvalue weighted by molar-refractivity contribution is -0.131. The van der Waals surface area contributed by atoms with E-state index in [0.29, 0.717) is 17.8 Å². The number of aryl methyl sites for hydroxylation is 1. The van der Waals surface area contributed by atoms with E-state index >= 15 is 0 Å². The highest BCUT2D eigenvalue weighted by Gasteiger charge is 2.44. The molecule has 0 spiro atoms. The zero-order valence-electron chi connectivity index (χ0n) is 13.2. The zero-order chi connectivity index (χ0) is 16.6. The maximum atomic E-state index is 12.8. The van der Waals surface area contributed by atoms with E-state index < -0.39 is 23.8 Å². The van der Waals surface area contributed by atoms with Crippen LogP contribution in [0.1, 0.15) is 31.7 Å². The number of nitrogens with one attached hydrogen (secondary N) is 1. The van der Waals surface area contributed by atoms with Crippen LogP contribution in [0.25, 0.3) is 0 Å². The number of amides is 4. The Morgan fingerprint density at radius 3 is 2.43 bits per heavy atom. The molecule has 1 N–H and O–H groups in total. The Kier molecular flexibility index (Phi) is 3.98. The summed E-state index contributed by atoms with van der Waals surface area (Å²) in [5.41, 5.74) is 2.04. The van der Waals surface area contributed by atoms with Gasteiger partial charge in [-0.25, -0.2) is 9.69 Å². The summed E-state index contributed by atoms with van der Waals surface area (Å²) in [6, 6.07) is 6.55. The Morgan fingerprint density at radius 1 is 1.22 bits per heavy atom. The van der Waals surface area contributed by atoms with Gasteiger partial charge in [-0.15, -0.1) is 0 Å². The highest BCUT2D eigenvalue weighted by molar-refractivity contribution is 6.35. The second-order valence-corrected chi connectivity index (χ2v) is 5.94. The van der Waals surface area contributed by atoms with Crippen LogP contribution in [0.2, 0.25) is 0 Å². The minimum Gasteiger partial charge on any atom is -0.289 e. The SMILES string of the molecule is CCC(=NC1CC1)C1C(=O)NC(=O)N(c2ccc(C)cc2)C1=O. The summed E-state index contributed by atoms with van der Waals surface area (Å²) in [6.07, 6.45) is 2.50. The second-order valence-electron chi connectivity index (χ2n) is 5.94. The Morgan fingerprint density at radius 2 is 1.87 bits per heavy atom. The Bertz CT molecular complexity index is 690. The minimum absolute atomic E-state index is 0.219. The number of benzene rings is 1. The topological polar surface area (TPSA) is 78.8 Å². The summed E-state index contributed by atoms with van der Waals surface area (Å²) in [5.74, 6) is -2.12. The molecule has 1 heterocycles. The van der Waals surface area contributed by atoms with Gasteiger partial charge < -0.3 is 0 Å². The number of carbonyl (C=O) groups excluding carboxylic acids is 3. The number of aliphatic imine (C=N–C) groups is 1. The number of anilines is 1. The van der Waals surface area contributed by atoms with Crippen LogP contribution in [0.15, 0.2) is 29.3 Å². The standard InChI is InChI=1S/C17H19N3O3/c1-3-13(18-11-6-7-11)14-15(21)19-17(23)20(16(14)22)12-8-4-10(2)5-9-12/h4-5,8-9,11,14H,3,6-7H2,1-2H3,(H,19,21,23). The van der Waals surface area contributed by atoms with Gasteiger partial charge in [0.05, 0.1) is 11.7 Å². The van der Waals surface area contributed by atoms with Gasteiger partial charge in [0.1, 0.15) is 0 Å². The molecule has 0 bridgehead atoms. The number of imide groups is 2. The quantitative estimate of drug-likeness (QED) is 0.683. The summed E-state index contributed by atoms with van der Waals surface area (Å²) in [5, 5.41) is 2.28. The first-order valence-electron chi connectivity index (χ1n) is 7.83. The summed E-state index contributed by atoms with van der Waals surface area (Å²) in [7, 11) is 0. The lowest BCUT2D eigenvalue weighted by Gasteiger charge is -2.30. The number of carbonyl (C=O) groups is 3. The molecule has 23 heavy (non-hydrogen) atoms. The first kappa shape index (κ1) is 15.4. The fourth-order valence-corrected chi connectivity index (χ4v) is 2.62. The van der Waals surface area contributed by atoms with Crippen LogP contribution in [0.5, 0.6) is 0 Å². The summed E-state index contributed by atoms with van der Waals surface area (Å²) in [6.45, 7) is 3.79. The van der Waals surface area contributed by atoms with Crippen molar-refractivity contribution in [2.75, 3.05) is 4.90 Å². The van der Waals surface area contributed by atoms with Gasteiger partial charge in [-0.1, -0.05) is 24.6 Å². The van der Waals surface area contributed by atoms with Gasteiger partial charge in [0.25, 0.3) is 5.91 Å². The first-order chi connectivity index (χ1) is 11.0. The molecule has 3 rings (SSSR count). The number of rotatable bonds is 4. The van der Waals surface area contributed by atoms with Crippen LogP contribution in [0.3, 0.4) is 0 Å². The van der Waals surface area contributed by atoms with Crippen molar-refractivity contribution in [3.8, 4) is 0 Å². The average Bonchev–Trinajstić information content (AvgIpc) is 3.31. The molecule has 1 saturated heterocycles. The van der Waals surface area contributed by atoms with E-state index in [1.54, 1.807) is 12.1 Å². The highest BCUT2D eigenvalue weighted by Crippen LogP contribution is 2.27. The van der Waals surface area contributed by atoms with Crippen molar-refractivity contribution in [3.63, 3.8) is 0 Å². The normalized spacial score (nSPS) is 22.3. The van der Waals surface area contributed by atoms with Gasteiger partial charge >= 0.3 is 6.03 Å². The van der Waals surface area contributed by atoms with Crippen LogP contribution in [-0.4, -0.2) is 29.6 Å². The van der Waals surface area contributed by atoms with E-state index in [4.69, 9.17) is 0 Å². The number of hydrogen-bond acceptors (Lipinski definition) is 4. The van der Waals surface area contributed by atoms with Crippen LogP contribution < -0.4 is 10.2 Å². The minimum atomic E-state index is -1.01. The molecule has 1 atom stereocenters. The van der Waals surface area contributed by atoms with Crippen molar-refractivity contribution >= 4 is 29.2 Å². The van der Waals surface area contributed by atoms with E-state index in [1.807, 2.05) is 26.0 Å². The molecular weight excluding hydrogens is 294 g/mol. The largest absolute Gasteiger partial charge is 0.335 e. The number of hydrogen-bond donors (Lipinski definition) is 1. The summed E-state index contributed by atoms with van der Waals surface area (Å²) < 4.78 is 0. The highest BCUT2D eigenvalue weighted by atomic mass is 16.2. The second kappa shape index (κ2) is 5.95. The monoisotopic (exact) mass is 313 g/mol. The molecule has 0 aromatic heterocycles. The maximum Gasteiger partial charge on any atom is 0.335 e. The molecule has 1 unspecified atom stereocenters. The molecule has 0 radical (unpaired) electrons. The Labute approximate surface area is 134 Å². The molecule has 1 aromatic rings. The van der Waals surface area contributed by atoms with Crippen molar-refractivity contribution in [2.24, 2.45) is 10.9 Å². The smallest absolute Gasteiger partial charge is 0.289 e. The molecular formula is C17H19N3O3. The van der Waals surface area contributed by atoms with Crippen LogP contribution in [0, 0.1) is 12.8 Å². The van der Waals surface area contributed by atoms with Crippen molar-refractivity contribution in [3.05, 3.63) is 29.8 Å². The van der Waals surface area contributed by atoms with Crippen LogP contribution in [0.4, 0.5) is 10.5 Å². The fraction of sp³-hybridized carbons (Fsp3) is 0.412. The predicted octanol–water partition coefficient (Wildman–Crippen LogP) is 2.21. The third-order valence-electron chi connectivity index (χ3n) is 4.05. The van der Waals surface area contributed by atoms with Gasteiger partial charge in [-0.05, 0) is 38.3 Å². The Balaban J connectivity index is 1.95. The number of barbiturate groups is 1. The van der Waals surface area contributed by atoms with Gasteiger partial charge in [0.15, 0.2) is 5.92 Å². The van der Waals surface area contributed by atoms with Gasteiger partial charge in [0.2, 0.25) is 5.91 Å². The molecule has 2 fully saturated rings. The van der Waals surface area contributed by atoms with E-state index in [2.05, 4.69) is 10.3 Å². The third-order valence-corrected chi connectivity index (χ3v) is 4.05. The molecule has 120 valence electrons. The molecule has 1 aromatic carbocycles. The molecule has 2 aliphatic rings. The van der Waals surface area contributed by atoms with Crippen LogP contribution >= 0.6 is 0 Å². The van der Waals surface area contributed by atoms with Crippen LogP contribution in [-0.2, 0) is 9.59 Å². The van der Waals surface area contributed by atoms with Gasteiger partial charge in [-0.2, -0.15) is 0 Å². The third kappa shape index (κ3) is 3.02. The van der Waals surface area contributed by atoms with Crippen molar-refractivity contribution < 1.29 is 14.4 Å². The molecule has 1 aliphatic heterocycles. The number of urea groups is 1. The zero-order valence-corrected chi connectivity index (χ0v) is 13.2. The predicted molar refractivity (Wildman–Crippen MR) is 86.4 cm³/mol. The lowest BCUT2D eigenvalue weighted by atomic mass is 9.96. The maximum absolute atomic E-state index is 12.8. The molecule has 6 heteroatoms. The first-order valence-corrected chi connectivity index (χ1v) is 7.83. The molecule has 1 saturated carbocycles. The van der Waals surface area contributed by atoms with E-state index in [0.717, 1.165) is 23.3 Å². The van der Waals surface area contributed by atoms with E-state index in [-0.39, 0.29) is 6.04 Å². The van der Waals surface area contributed by atoms with E-state index in [9.17, 15) is 14.4 Å². The summed E-state index contributed by atoms with van der Waals surface area (Å²) in [4.78, 5) is 42.6. The van der Waals surface area contributed by atoms with Gasteiger partial charge in [0, 0.05) is 5.71 Å². The van der Waals surface area contributed by atoms with Gasteiger partial charge in [-0.3, -0.25) is 19.9 Å². The van der Waals surface area contributed by atoms with Crippen molar-refractivity contribution in [2.45, 2.75) is 39.2 Å². The lowest BCUT2D eigenvalue weighted by Crippen LogP contribution is -2.60. The van der Waals surface area contributed by atoms with E-state index in [1.165, 1.54) is 0 Å². The number of nitrogens with zero attached hydrogens (tertiary/aromatic N) is 2. The molecule has 1 aliphatic carbocycles. The average molecular weight is 313 g/mol. The summed E-state index contributed by atoms with van der Waals surface area (Å²) >= 11 is 0. The Hall–Kier alpha value is -2.50. The fourth-order valence-electron chi connectivity index (χ4n) is 2.62. The van der Waals surface area contributed by atoms with Crippen molar-refractivity contribution in [1.29, 1.82) is 0 Å². The molecule has 6 nitrogen and oxygen atoms in total. The molecule has 4 amide bonds. The van der Waals surface area contributed by atoms with Crippen molar-refractivity contribution in [1.82, 2.24) is 5.32 Å².